The van der Waals surface area contributed by atoms with Crippen molar-refractivity contribution < 1.29 is 4.79 Å². The summed E-state index contributed by atoms with van der Waals surface area (Å²) in [6.07, 6.45) is 7.27. The molecular weight excluding hydrogens is 412 g/mol. The predicted octanol–water partition coefficient (Wildman–Crippen LogP) is 4.74. The number of fused-ring (bicyclic) bond motifs is 8. The third kappa shape index (κ3) is 2.26. The van der Waals surface area contributed by atoms with Crippen LogP contribution in [0.25, 0.3) is 16.7 Å². The number of hydrogen-bond acceptors (Lipinski definition) is 3. The Hall–Kier alpha value is -3.12. The summed E-state index contributed by atoms with van der Waals surface area (Å²) in [5.74, 6) is 0.398. The Balaban J connectivity index is 1.48. The normalized spacial score (nSPS) is 20.1. The second-order valence-electron chi connectivity index (χ2n) is 8.90. The van der Waals surface area contributed by atoms with Gasteiger partial charge in [0.15, 0.2) is 0 Å². The van der Waals surface area contributed by atoms with E-state index in [-0.39, 0.29) is 17.5 Å². The highest BCUT2D eigenvalue weighted by Gasteiger charge is 2.43. The summed E-state index contributed by atoms with van der Waals surface area (Å²) in [7, 11) is 0. The minimum Gasteiger partial charge on any atom is -0.317 e. The third-order valence-electron chi connectivity index (χ3n) is 7.26. The lowest BCUT2D eigenvalue weighted by Gasteiger charge is -2.17. The van der Waals surface area contributed by atoms with E-state index in [1.54, 1.807) is 0 Å². The van der Waals surface area contributed by atoms with Gasteiger partial charge in [-0.25, -0.2) is 4.98 Å². The van der Waals surface area contributed by atoms with Gasteiger partial charge in [0.25, 0.3) is 11.5 Å². The van der Waals surface area contributed by atoms with Gasteiger partial charge in [0.05, 0.1) is 17.1 Å². The van der Waals surface area contributed by atoms with Gasteiger partial charge in [0.1, 0.15) is 0 Å². The van der Waals surface area contributed by atoms with Crippen molar-refractivity contribution in [1.82, 2.24) is 14.4 Å². The SMILES string of the molecule is O=C1c2cc3[nH]c(=O)c4ncc(C5CCCC5)n4c3cc2C2Cc3cc(Cl)ccc3N12. The largest absolute Gasteiger partial charge is 0.317 e. The number of H-pyrrole nitrogens is 1. The van der Waals surface area contributed by atoms with Gasteiger partial charge in [-0.3, -0.25) is 14.0 Å². The smallest absolute Gasteiger partial charge is 0.292 e. The van der Waals surface area contributed by atoms with Crippen molar-refractivity contribution in [2.45, 2.75) is 44.1 Å². The second kappa shape index (κ2) is 5.98. The predicted molar refractivity (Wildman–Crippen MR) is 119 cm³/mol. The first-order valence-corrected chi connectivity index (χ1v) is 11.2. The first-order chi connectivity index (χ1) is 15.1. The maximum Gasteiger partial charge on any atom is 0.292 e. The zero-order valence-corrected chi connectivity index (χ0v) is 17.4. The molecule has 2 aliphatic heterocycles. The first-order valence-electron chi connectivity index (χ1n) is 10.8. The van der Waals surface area contributed by atoms with E-state index in [9.17, 15) is 9.59 Å². The fourth-order valence-electron chi connectivity index (χ4n) is 5.87. The third-order valence-corrected chi connectivity index (χ3v) is 7.49. The van der Waals surface area contributed by atoms with Gasteiger partial charge >= 0.3 is 0 Å². The van der Waals surface area contributed by atoms with E-state index in [1.807, 2.05) is 39.8 Å². The van der Waals surface area contributed by atoms with Crippen LogP contribution in [0.5, 0.6) is 0 Å². The molecule has 1 atom stereocenters. The van der Waals surface area contributed by atoms with Crippen LogP contribution in [0, 0.1) is 0 Å². The number of carbonyl (C=O) groups is 1. The molecule has 1 amide bonds. The van der Waals surface area contributed by atoms with Crippen molar-refractivity contribution in [2.24, 2.45) is 0 Å². The standard InChI is InChI=1S/C24H19ClN4O2/c25-14-5-6-18-13(7-14)8-19-15-10-20-17(9-16(15)24(31)29(18)19)27-23(30)22-26-11-21(28(20)22)12-3-1-2-4-12/h5-7,9-12,19H,1-4,8H2,(H,27,30). The molecule has 7 rings (SSSR count). The molecule has 2 aromatic heterocycles. The molecule has 0 spiro atoms. The fraction of sp³-hybridized carbons (Fsp3) is 0.292. The van der Waals surface area contributed by atoms with E-state index >= 15 is 0 Å². The van der Waals surface area contributed by atoms with Crippen LogP contribution in [0.1, 0.15) is 64.8 Å². The number of aromatic nitrogens is 3. The van der Waals surface area contributed by atoms with E-state index in [0.717, 1.165) is 47.3 Å². The molecular formula is C24H19ClN4O2. The molecule has 3 aliphatic rings. The molecule has 1 unspecified atom stereocenters. The van der Waals surface area contributed by atoms with Crippen LogP contribution in [0.4, 0.5) is 5.69 Å². The minimum atomic E-state index is -0.220. The van der Waals surface area contributed by atoms with Gasteiger partial charge < -0.3 is 9.88 Å². The van der Waals surface area contributed by atoms with Crippen LogP contribution in [0.2, 0.25) is 5.02 Å². The van der Waals surface area contributed by atoms with Gasteiger partial charge in [-0.1, -0.05) is 24.4 Å². The monoisotopic (exact) mass is 430 g/mol. The van der Waals surface area contributed by atoms with Gasteiger partial charge in [-0.2, -0.15) is 0 Å². The molecule has 4 aromatic rings. The van der Waals surface area contributed by atoms with Crippen molar-refractivity contribution >= 4 is 39.9 Å². The second-order valence-corrected chi connectivity index (χ2v) is 9.34. The van der Waals surface area contributed by atoms with E-state index in [2.05, 4.69) is 16.0 Å². The van der Waals surface area contributed by atoms with Crippen molar-refractivity contribution in [3.8, 4) is 0 Å². The quantitative estimate of drug-likeness (QED) is 0.474. The molecule has 1 N–H and O–H groups in total. The Bertz CT molecular complexity index is 1500. The van der Waals surface area contributed by atoms with Crippen molar-refractivity contribution in [3.63, 3.8) is 0 Å². The molecule has 154 valence electrons. The van der Waals surface area contributed by atoms with E-state index in [4.69, 9.17) is 11.6 Å². The highest BCUT2D eigenvalue weighted by Crippen LogP contribution is 2.48. The average molecular weight is 431 g/mol. The zero-order chi connectivity index (χ0) is 20.9. The van der Waals surface area contributed by atoms with Gasteiger partial charge in [0.2, 0.25) is 5.65 Å². The highest BCUT2D eigenvalue weighted by molar-refractivity contribution is 6.30. The summed E-state index contributed by atoms with van der Waals surface area (Å²) in [5.41, 5.74) is 6.59. The molecule has 2 aromatic carbocycles. The Labute approximate surface area is 182 Å². The molecule has 4 heterocycles. The Morgan fingerprint density at radius 2 is 1.94 bits per heavy atom. The maximum atomic E-state index is 13.3. The van der Waals surface area contributed by atoms with Crippen LogP contribution < -0.4 is 10.5 Å². The number of carbonyl (C=O) groups excluding carboxylic acids is 1. The molecule has 0 bridgehead atoms. The molecule has 31 heavy (non-hydrogen) atoms. The lowest BCUT2D eigenvalue weighted by Crippen LogP contribution is -2.23. The highest BCUT2D eigenvalue weighted by atomic mass is 35.5. The molecule has 1 aliphatic carbocycles. The van der Waals surface area contributed by atoms with Crippen molar-refractivity contribution in [2.75, 3.05) is 4.90 Å². The Morgan fingerprint density at radius 1 is 1.10 bits per heavy atom. The van der Waals surface area contributed by atoms with Crippen LogP contribution >= 0.6 is 11.6 Å². The van der Waals surface area contributed by atoms with Crippen LogP contribution in [0.3, 0.4) is 0 Å². The van der Waals surface area contributed by atoms with Gasteiger partial charge in [0, 0.05) is 34.1 Å². The topological polar surface area (TPSA) is 70.5 Å². The number of nitrogens with zero attached hydrogens (tertiary/aromatic N) is 3. The summed E-state index contributed by atoms with van der Waals surface area (Å²) in [6.45, 7) is 0. The number of anilines is 1. The van der Waals surface area contributed by atoms with Crippen LogP contribution in [0.15, 0.2) is 41.3 Å². The molecule has 0 radical (unpaired) electrons. The Kier molecular flexibility index (Phi) is 3.38. The summed E-state index contributed by atoms with van der Waals surface area (Å²) < 4.78 is 2.02. The van der Waals surface area contributed by atoms with E-state index in [0.29, 0.717) is 27.7 Å². The van der Waals surface area contributed by atoms with Gasteiger partial charge in [-0.15, -0.1) is 0 Å². The van der Waals surface area contributed by atoms with Crippen molar-refractivity contribution in [3.05, 3.63) is 74.3 Å². The number of benzene rings is 2. The average Bonchev–Trinajstić information content (AvgIpc) is 3.52. The maximum absolute atomic E-state index is 13.3. The fourth-order valence-corrected chi connectivity index (χ4v) is 6.06. The lowest BCUT2D eigenvalue weighted by molar-refractivity contribution is 0.0993. The number of imidazole rings is 1. The summed E-state index contributed by atoms with van der Waals surface area (Å²) >= 11 is 6.19. The molecule has 0 saturated heterocycles. The molecule has 7 heteroatoms. The van der Waals surface area contributed by atoms with Gasteiger partial charge in [-0.05, 0) is 60.7 Å². The van der Waals surface area contributed by atoms with Crippen LogP contribution in [-0.2, 0) is 6.42 Å². The van der Waals surface area contributed by atoms with E-state index in [1.165, 1.54) is 12.8 Å². The number of amides is 1. The number of nitrogens with one attached hydrogen (secondary N) is 1. The number of hydrogen-bond donors (Lipinski definition) is 1. The summed E-state index contributed by atoms with van der Waals surface area (Å²) in [4.78, 5) is 35.4. The Morgan fingerprint density at radius 3 is 2.77 bits per heavy atom. The van der Waals surface area contributed by atoms with Crippen molar-refractivity contribution in [1.29, 1.82) is 0 Å². The zero-order valence-electron chi connectivity index (χ0n) is 16.7. The first kappa shape index (κ1) is 17.5. The molecule has 1 saturated carbocycles. The lowest BCUT2D eigenvalue weighted by atomic mass is 9.99. The summed E-state index contributed by atoms with van der Waals surface area (Å²) in [6, 6.07) is 9.60. The number of aromatic amines is 1. The van der Waals surface area contributed by atoms with E-state index < -0.39 is 0 Å². The van der Waals surface area contributed by atoms with Crippen LogP contribution in [-0.4, -0.2) is 20.3 Å². The minimum absolute atomic E-state index is 0.0226. The summed E-state index contributed by atoms with van der Waals surface area (Å²) in [5, 5.41) is 0.685. The molecule has 1 fully saturated rings. The number of rotatable bonds is 1. The number of halogens is 1. The molecule has 6 nitrogen and oxygen atoms in total.